The molecule has 1 fully saturated rings. The SMILES string of the molecule is Cc1ccc([C@@H](C)OC(=O)N2[C@H](C)CN(c3cnn4cc(-c5cnn(C)c5)ccc34)C[C@H]2C)cc1. The zero-order valence-electron chi connectivity index (χ0n) is 20.9. The van der Waals surface area contributed by atoms with E-state index >= 15 is 0 Å². The number of aryl methyl sites for hydroxylation is 2. The van der Waals surface area contributed by atoms with Gasteiger partial charge < -0.3 is 9.64 Å². The monoisotopic (exact) mass is 472 g/mol. The molecule has 0 spiro atoms. The van der Waals surface area contributed by atoms with Crippen LogP contribution in [0.4, 0.5) is 10.5 Å². The molecule has 0 radical (unpaired) electrons. The van der Waals surface area contributed by atoms with E-state index in [4.69, 9.17) is 4.74 Å². The highest BCUT2D eigenvalue weighted by molar-refractivity contribution is 5.76. The molecule has 4 aromatic rings. The van der Waals surface area contributed by atoms with E-state index < -0.39 is 0 Å². The predicted octanol–water partition coefficient (Wildman–Crippen LogP) is 4.84. The smallest absolute Gasteiger partial charge is 0.410 e. The minimum Gasteiger partial charge on any atom is -0.441 e. The number of piperazine rings is 1. The Hall–Kier alpha value is -3.81. The number of pyridine rings is 1. The first-order valence-corrected chi connectivity index (χ1v) is 12.1. The van der Waals surface area contributed by atoms with Crippen molar-refractivity contribution in [2.75, 3.05) is 18.0 Å². The fourth-order valence-corrected chi connectivity index (χ4v) is 4.95. The zero-order valence-corrected chi connectivity index (χ0v) is 20.9. The molecule has 35 heavy (non-hydrogen) atoms. The van der Waals surface area contributed by atoms with Crippen LogP contribution in [0.5, 0.6) is 0 Å². The maximum atomic E-state index is 13.1. The third-order valence-electron chi connectivity index (χ3n) is 6.83. The lowest BCUT2D eigenvalue weighted by molar-refractivity contribution is 0.0412. The van der Waals surface area contributed by atoms with Crippen molar-refractivity contribution in [2.45, 2.75) is 45.9 Å². The van der Waals surface area contributed by atoms with Gasteiger partial charge in [-0.25, -0.2) is 9.31 Å². The molecule has 1 aliphatic rings. The number of hydrogen-bond donors (Lipinski definition) is 0. The number of nitrogens with zero attached hydrogens (tertiary/aromatic N) is 6. The Morgan fingerprint density at radius 3 is 2.34 bits per heavy atom. The summed E-state index contributed by atoms with van der Waals surface area (Å²) in [6, 6.07) is 12.3. The number of anilines is 1. The third-order valence-corrected chi connectivity index (χ3v) is 6.83. The summed E-state index contributed by atoms with van der Waals surface area (Å²) in [4.78, 5) is 17.3. The van der Waals surface area contributed by atoms with Gasteiger partial charge in [-0.15, -0.1) is 0 Å². The van der Waals surface area contributed by atoms with E-state index in [0.717, 1.165) is 27.9 Å². The lowest BCUT2D eigenvalue weighted by atomic mass is 10.1. The molecule has 0 bridgehead atoms. The molecule has 182 valence electrons. The zero-order chi connectivity index (χ0) is 24.7. The number of carbonyl (C=O) groups excluding carboxylic acids is 1. The molecule has 0 aliphatic carbocycles. The number of amides is 1. The Morgan fingerprint density at radius 2 is 1.69 bits per heavy atom. The summed E-state index contributed by atoms with van der Waals surface area (Å²) in [5.74, 6) is 0. The number of carbonyl (C=O) groups is 1. The Kier molecular flexibility index (Phi) is 5.96. The van der Waals surface area contributed by atoms with Crippen molar-refractivity contribution < 1.29 is 9.53 Å². The highest BCUT2D eigenvalue weighted by Crippen LogP contribution is 2.29. The normalized spacial score (nSPS) is 19.2. The lowest BCUT2D eigenvalue weighted by Gasteiger charge is -2.44. The molecule has 0 unspecified atom stereocenters. The van der Waals surface area contributed by atoms with Crippen LogP contribution >= 0.6 is 0 Å². The highest BCUT2D eigenvalue weighted by Gasteiger charge is 2.35. The van der Waals surface area contributed by atoms with Crippen molar-refractivity contribution >= 4 is 17.3 Å². The first kappa shape index (κ1) is 23.0. The van der Waals surface area contributed by atoms with Crippen molar-refractivity contribution in [3.8, 4) is 11.1 Å². The number of hydrogen-bond acceptors (Lipinski definition) is 5. The second kappa shape index (κ2) is 9.09. The summed E-state index contributed by atoms with van der Waals surface area (Å²) >= 11 is 0. The van der Waals surface area contributed by atoms with Gasteiger partial charge in [-0.2, -0.15) is 10.2 Å². The van der Waals surface area contributed by atoms with E-state index in [2.05, 4.69) is 41.1 Å². The van der Waals surface area contributed by atoms with Gasteiger partial charge in [0.05, 0.1) is 35.7 Å². The second-order valence-electron chi connectivity index (χ2n) is 9.63. The maximum Gasteiger partial charge on any atom is 0.410 e. The van der Waals surface area contributed by atoms with Crippen LogP contribution in [0.25, 0.3) is 16.6 Å². The Balaban J connectivity index is 1.30. The number of ether oxygens (including phenoxy) is 1. The predicted molar refractivity (Wildman–Crippen MR) is 136 cm³/mol. The van der Waals surface area contributed by atoms with E-state index in [1.165, 1.54) is 5.56 Å². The fraction of sp³-hybridized carbons (Fsp3) is 0.370. The molecule has 3 aromatic heterocycles. The Morgan fingerprint density at radius 1 is 0.971 bits per heavy atom. The van der Waals surface area contributed by atoms with E-state index in [9.17, 15) is 4.79 Å². The molecule has 8 nitrogen and oxygen atoms in total. The van der Waals surface area contributed by atoms with E-state index in [1.54, 1.807) is 4.68 Å². The standard InChI is InChI=1S/C27H32N6O2/c1-18-6-8-22(9-7-18)21(4)35-27(34)33-19(2)14-31(15-20(33)3)26-13-29-32-17-23(10-11-25(26)32)24-12-28-30(5)16-24/h6-13,16-17,19-21H,14-15H2,1-5H3/t19-,20-,21-/m1/s1. The van der Waals surface area contributed by atoms with Gasteiger partial charge >= 0.3 is 6.09 Å². The van der Waals surface area contributed by atoms with E-state index in [-0.39, 0.29) is 24.3 Å². The van der Waals surface area contributed by atoms with Crippen molar-refractivity contribution in [1.82, 2.24) is 24.3 Å². The topological polar surface area (TPSA) is 67.9 Å². The van der Waals surface area contributed by atoms with Gasteiger partial charge in [-0.05, 0) is 39.3 Å². The van der Waals surface area contributed by atoms with Crippen LogP contribution < -0.4 is 4.90 Å². The summed E-state index contributed by atoms with van der Waals surface area (Å²) in [5.41, 5.74) is 6.42. The van der Waals surface area contributed by atoms with Crippen molar-refractivity contribution in [3.05, 3.63) is 72.3 Å². The van der Waals surface area contributed by atoms with Crippen LogP contribution in [-0.2, 0) is 11.8 Å². The third kappa shape index (κ3) is 4.48. The van der Waals surface area contributed by atoms with Crippen LogP contribution in [-0.4, -0.2) is 55.6 Å². The summed E-state index contributed by atoms with van der Waals surface area (Å²) in [7, 11) is 1.91. The van der Waals surface area contributed by atoms with Crippen molar-refractivity contribution in [2.24, 2.45) is 7.05 Å². The van der Waals surface area contributed by atoms with Gasteiger partial charge in [0.25, 0.3) is 0 Å². The van der Waals surface area contributed by atoms with Gasteiger partial charge in [-0.1, -0.05) is 35.9 Å². The van der Waals surface area contributed by atoms with Gasteiger partial charge in [0.2, 0.25) is 0 Å². The van der Waals surface area contributed by atoms with Crippen LogP contribution in [0.2, 0.25) is 0 Å². The first-order chi connectivity index (χ1) is 16.8. The number of aromatic nitrogens is 4. The van der Waals surface area contributed by atoms with E-state index in [1.807, 2.05) is 79.4 Å². The van der Waals surface area contributed by atoms with Gasteiger partial charge in [0, 0.05) is 43.7 Å². The highest BCUT2D eigenvalue weighted by atomic mass is 16.6. The summed E-state index contributed by atoms with van der Waals surface area (Å²) in [6.45, 7) is 9.55. The summed E-state index contributed by atoms with van der Waals surface area (Å²) in [6.07, 6.45) is 7.23. The molecule has 5 rings (SSSR count). The number of fused-ring (bicyclic) bond motifs is 1. The number of rotatable bonds is 4. The van der Waals surface area contributed by atoms with Crippen LogP contribution in [0.15, 0.2) is 61.2 Å². The van der Waals surface area contributed by atoms with Crippen LogP contribution in [0, 0.1) is 6.92 Å². The molecule has 3 atom stereocenters. The average Bonchev–Trinajstić information content (AvgIpc) is 3.44. The van der Waals surface area contributed by atoms with Crippen molar-refractivity contribution in [1.29, 1.82) is 0 Å². The molecule has 1 aliphatic heterocycles. The summed E-state index contributed by atoms with van der Waals surface area (Å²) < 4.78 is 9.56. The van der Waals surface area contributed by atoms with Crippen molar-refractivity contribution in [3.63, 3.8) is 0 Å². The molecule has 0 saturated carbocycles. The molecular weight excluding hydrogens is 440 g/mol. The molecule has 0 N–H and O–H groups in total. The summed E-state index contributed by atoms with van der Waals surface area (Å²) in [5, 5.41) is 8.88. The molecule has 1 aromatic carbocycles. The molecule has 1 amide bonds. The maximum absolute atomic E-state index is 13.1. The largest absolute Gasteiger partial charge is 0.441 e. The van der Waals surface area contributed by atoms with Gasteiger partial charge in [0.15, 0.2) is 0 Å². The average molecular weight is 473 g/mol. The fourth-order valence-electron chi connectivity index (χ4n) is 4.95. The Labute approximate surface area is 205 Å². The Bertz CT molecular complexity index is 1330. The quantitative estimate of drug-likeness (QED) is 0.425. The lowest BCUT2D eigenvalue weighted by Crippen LogP contribution is -2.59. The molecule has 1 saturated heterocycles. The first-order valence-electron chi connectivity index (χ1n) is 12.1. The molecular formula is C27H32N6O2. The van der Waals surface area contributed by atoms with E-state index in [0.29, 0.717) is 13.1 Å². The van der Waals surface area contributed by atoms with Gasteiger partial charge in [-0.3, -0.25) is 9.58 Å². The molecule has 4 heterocycles. The molecule has 8 heteroatoms. The number of benzene rings is 1. The van der Waals surface area contributed by atoms with Crippen LogP contribution in [0.3, 0.4) is 0 Å². The minimum absolute atomic E-state index is 0.00100. The van der Waals surface area contributed by atoms with Crippen LogP contribution in [0.1, 0.15) is 38.0 Å². The second-order valence-corrected chi connectivity index (χ2v) is 9.63. The van der Waals surface area contributed by atoms with Gasteiger partial charge in [0.1, 0.15) is 6.10 Å². The minimum atomic E-state index is -0.297.